The molecule has 0 aromatic rings. The van der Waals surface area contributed by atoms with Crippen LogP contribution in [-0.2, 0) is 0 Å². The number of rotatable bonds is 14. The van der Waals surface area contributed by atoms with Crippen LogP contribution in [0, 0.1) is 35.5 Å². The Morgan fingerprint density at radius 1 is 0.735 bits per heavy atom. The first-order valence-corrected chi connectivity index (χ1v) is 15.7. The molecule has 3 saturated carbocycles. The van der Waals surface area contributed by atoms with E-state index in [-0.39, 0.29) is 0 Å². The van der Waals surface area contributed by atoms with Crippen LogP contribution >= 0.6 is 0 Å². The minimum Gasteiger partial charge on any atom is -0.103 e. The van der Waals surface area contributed by atoms with Crippen molar-refractivity contribution >= 4 is 0 Å². The maximum atomic E-state index is 4.76. The molecule has 0 aromatic heterocycles. The highest BCUT2D eigenvalue weighted by Crippen LogP contribution is 2.44. The number of allylic oxidation sites excluding steroid dienone is 4. The van der Waals surface area contributed by atoms with E-state index in [0.29, 0.717) is 0 Å². The summed E-state index contributed by atoms with van der Waals surface area (Å²) >= 11 is 0. The molecule has 0 bridgehead atoms. The van der Waals surface area contributed by atoms with Crippen molar-refractivity contribution in [3.63, 3.8) is 0 Å². The summed E-state index contributed by atoms with van der Waals surface area (Å²) < 4.78 is 0. The van der Waals surface area contributed by atoms with Gasteiger partial charge in [0.25, 0.3) is 0 Å². The molecule has 0 nitrogen and oxygen atoms in total. The second-order valence-corrected chi connectivity index (χ2v) is 12.4. The highest BCUT2D eigenvalue weighted by atomic mass is 14.4. The largest absolute Gasteiger partial charge is 0.103 e. The summed E-state index contributed by atoms with van der Waals surface area (Å²) in [5.41, 5.74) is 1.65. The smallest absolute Gasteiger partial charge is 0.0140 e. The summed E-state index contributed by atoms with van der Waals surface area (Å²) in [6.07, 6.45) is 37.3. The van der Waals surface area contributed by atoms with E-state index in [9.17, 15) is 0 Å². The molecule has 3 aliphatic carbocycles. The Labute approximate surface area is 214 Å². The first kappa shape index (κ1) is 27.8. The molecule has 0 saturated heterocycles. The second kappa shape index (κ2) is 16.1. The van der Waals surface area contributed by atoms with Crippen LogP contribution in [0.1, 0.15) is 142 Å². The van der Waals surface area contributed by atoms with Crippen molar-refractivity contribution in [2.75, 3.05) is 0 Å². The third-order valence-corrected chi connectivity index (χ3v) is 9.98. The predicted molar refractivity (Wildman–Crippen MR) is 152 cm³/mol. The van der Waals surface area contributed by atoms with Crippen LogP contribution in [0.2, 0.25) is 0 Å². The van der Waals surface area contributed by atoms with Gasteiger partial charge >= 0.3 is 0 Å². The van der Waals surface area contributed by atoms with Crippen LogP contribution in [0.25, 0.3) is 0 Å². The Morgan fingerprint density at radius 3 is 2.12 bits per heavy atom. The summed E-state index contributed by atoms with van der Waals surface area (Å²) in [7, 11) is 0. The molecule has 3 fully saturated rings. The van der Waals surface area contributed by atoms with Crippen molar-refractivity contribution in [2.24, 2.45) is 35.5 Å². The fourth-order valence-corrected chi connectivity index (χ4v) is 7.50. The normalized spacial score (nSPS) is 32.6. The summed E-state index contributed by atoms with van der Waals surface area (Å²) in [4.78, 5) is 0. The van der Waals surface area contributed by atoms with E-state index in [4.69, 9.17) is 6.58 Å². The Bertz CT molecular complexity index is 581. The topological polar surface area (TPSA) is 0 Å². The van der Waals surface area contributed by atoms with Crippen LogP contribution in [0.3, 0.4) is 0 Å². The maximum Gasteiger partial charge on any atom is -0.0140 e. The standard InChI is InChI=1S/C34H58/c1-4-6-7-8-9-10-15-31-24-26-32(27-25-31)28(3)34-19-14-13-18-33(34)17-12-11-16-30-22-20-29(5-2)21-23-30/h5,12,17,29-34H,2-4,6-11,13-16,18-27H2,1H3/b17-12+. The zero-order valence-electron chi connectivity index (χ0n) is 23.0. The van der Waals surface area contributed by atoms with Crippen molar-refractivity contribution in [3.05, 3.63) is 37.0 Å². The van der Waals surface area contributed by atoms with Gasteiger partial charge in [-0.3, -0.25) is 0 Å². The minimum absolute atomic E-state index is 0.771. The van der Waals surface area contributed by atoms with Crippen molar-refractivity contribution in [3.8, 4) is 0 Å². The second-order valence-electron chi connectivity index (χ2n) is 12.4. The van der Waals surface area contributed by atoms with E-state index in [1.54, 1.807) is 5.57 Å². The molecule has 194 valence electrons. The summed E-state index contributed by atoms with van der Waals surface area (Å²) in [6, 6.07) is 0. The fourth-order valence-electron chi connectivity index (χ4n) is 7.50. The third kappa shape index (κ3) is 9.35. The SMILES string of the molecule is C=CC1CCC(CC/C=C/C2CCCCC2C(=C)C2CCC(CCCCCCCC)CC2)CC1. The van der Waals surface area contributed by atoms with Gasteiger partial charge in [-0.25, -0.2) is 0 Å². The number of hydrogen-bond donors (Lipinski definition) is 0. The molecule has 0 aliphatic heterocycles. The molecule has 0 heterocycles. The Hall–Kier alpha value is -0.780. The van der Waals surface area contributed by atoms with Gasteiger partial charge in [0.1, 0.15) is 0 Å². The maximum absolute atomic E-state index is 4.76. The average molecular weight is 467 g/mol. The van der Waals surface area contributed by atoms with Crippen LogP contribution in [0.15, 0.2) is 37.0 Å². The van der Waals surface area contributed by atoms with Crippen LogP contribution in [-0.4, -0.2) is 0 Å². The van der Waals surface area contributed by atoms with Crippen LogP contribution in [0.4, 0.5) is 0 Å². The number of hydrogen-bond acceptors (Lipinski definition) is 0. The highest BCUT2D eigenvalue weighted by molar-refractivity contribution is 5.13. The van der Waals surface area contributed by atoms with Crippen molar-refractivity contribution in [2.45, 2.75) is 142 Å². The van der Waals surface area contributed by atoms with Gasteiger partial charge in [-0.2, -0.15) is 0 Å². The molecule has 0 amide bonds. The van der Waals surface area contributed by atoms with Gasteiger partial charge in [-0.05, 0) is 113 Å². The van der Waals surface area contributed by atoms with Gasteiger partial charge in [0.05, 0.1) is 0 Å². The lowest BCUT2D eigenvalue weighted by molar-refractivity contribution is 0.242. The lowest BCUT2D eigenvalue weighted by Gasteiger charge is -2.37. The molecule has 0 radical (unpaired) electrons. The molecule has 3 aliphatic rings. The van der Waals surface area contributed by atoms with E-state index < -0.39 is 0 Å². The quantitative estimate of drug-likeness (QED) is 0.176. The van der Waals surface area contributed by atoms with Gasteiger partial charge in [0, 0.05) is 0 Å². The van der Waals surface area contributed by atoms with Crippen molar-refractivity contribution < 1.29 is 0 Å². The monoisotopic (exact) mass is 466 g/mol. The zero-order chi connectivity index (χ0) is 24.0. The summed E-state index contributed by atoms with van der Waals surface area (Å²) in [5.74, 6) is 5.14. The molecule has 0 aromatic carbocycles. The highest BCUT2D eigenvalue weighted by Gasteiger charge is 2.31. The van der Waals surface area contributed by atoms with Crippen molar-refractivity contribution in [1.82, 2.24) is 0 Å². The molecular weight excluding hydrogens is 408 g/mol. The molecular formula is C34H58. The van der Waals surface area contributed by atoms with Gasteiger partial charge in [0.2, 0.25) is 0 Å². The Kier molecular flexibility index (Phi) is 13.1. The molecule has 3 rings (SSSR count). The van der Waals surface area contributed by atoms with Crippen molar-refractivity contribution in [1.29, 1.82) is 0 Å². The Balaban J connectivity index is 1.35. The lowest BCUT2D eigenvalue weighted by Crippen LogP contribution is -2.26. The first-order chi connectivity index (χ1) is 16.7. The molecule has 0 heteroatoms. The van der Waals surface area contributed by atoms with E-state index in [0.717, 1.165) is 35.5 Å². The van der Waals surface area contributed by atoms with Gasteiger partial charge < -0.3 is 0 Å². The molecule has 34 heavy (non-hydrogen) atoms. The van der Waals surface area contributed by atoms with E-state index >= 15 is 0 Å². The lowest BCUT2D eigenvalue weighted by atomic mass is 9.68. The summed E-state index contributed by atoms with van der Waals surface area (Å²) in [5, 5.41) is 0. The number of unbranched alkanes of at least 4 members (excludes halogenated alkanes) is 5. The van der Waals surface area contributed by atoms with E-state index in [2.05, 4.69) is 31.7 Å². The Morgan fingerprint density at radius 2 is 1.38 bits per heavy atom. The van der Waals surface area contributed by atoms with E-state index in [1.165, 1.54) is 135 Å². The summed E-state index contributed by atoms with van der Waals surface area (Å²) in [6.45, 7) is 11.1. The first-order valence-electron chi connectivity index (χ1n) is 15.7. The average Bonchev–Trinajstić information content (AvgIpc) is 2.89. The van der Waals surface area contributed by atoms with Gasteiger partial charge in [-0.15, -0.1) is 6.58 Å². The predicted octanol–water partition coefficient (Wildman–Crippen LogP) is 11.2. The molecule has 2 unspecified atom stereocenters. The van der Waals surface area contributed by atoms with Crippen LogP contribution in [0.5, 0.6) is 0 Å². The van der Waals surface area contributed by atoms with Crippen LogP contribution < -0.4 is 0 Å². The van der Waals surface area contributed by atoms with Gasteiger partial charge in [0.15, 0.2) is 0 Å². The molecule has 0 N–H and O–H groups in total. The third-order valence-electron chi connectivity index (χ3n) is 9.98. The zero-order valence-corrected chi connectivity index (χ0v) is 23.0. The van der Waals surface area contributed by atoms with Gasteiger partial charge in [-0.1, -0.05) is 95.1 Å². The van der Waals surface area contributed by atoms with E-state index in [1.807, 2.05) is 0 Å². The minimum atomic E-state index is 0.771. The fraction of sp³-hybridized carbons (Fsp3) is 0.824. The molecule has 0 spiro atoms. The molecule has 2 atom stereocenters.